The summed E-state index contributed by atoms with van der Waals surface area (Å²) in [6, 6.07) is 0. The van der Waals surface area contributed by atoms with Crippen molar-refractivity contribution in [2.24, 2.45) is 34.5 Å². The summed E-state index contributed by atoms with van der Waals surface area (Å²) >= 11 is 0. The number of rotatable bonds is 18. The molecule has 0 radical (unpaired) electrons. The second-order valence-electron chi connectivity index (χ2n) is 22.5. The van der Waals surface area contributed by atoms with Crippen molar-refractivity contribution >= 4 is 5.97 Å². The molecule has 27 heteroatoms. The molecule has 7 rings (SSSR count). The summed E-state index contributed by atoms with van der Waals surface area (Å²) in [5, 5.41) is 191. The Bertz CT molecular complexity index is 1880. The lowest BCUT2D eigenvalue weighted by atomic mass is 9.45. The summed E-state index contributed by atoms with van der Waals surface area (Å²) < 4.78 is 46.9. The second-order valence-corrected chi connectivity index (χ2v) is 22.5. The number of hydrogen-bond donors (Lipinski definition) is 18. The molecule has 7 fully saturated rings. The molecule has 4 aliphatic heterocycles. The van der Waals surface area contributed by atoms with Gasteiger partial charge in [0.2, 0.25) is 6.29 Å². The minimum absolute atomic E-state index is 0.00448. The minimum atomic E-state index is -2.09. The van der Waals surface area contributed by atoms with E-state index in [9.17, 15) is 96.7 Å². The van der Waals surface area contributed by atoms with Crippen LogP contribution < -0.4 is 0 Å². The van der Waals surface area contributed by atoms with E-state index in [1.165, 1.54) is 0 Å². The number of hydrogen-bond acceptors (Lipinski definition) is 27. The van der Waals surface area contributed by atoms with Gasteiger partial charge in [0, 0.05) is 0 Å². The average molecular weight is 1100 g/mol. The third-order valence-corrected chi connectivity index (χ3v) is 17.9. The van der Waals surface area contributed by atoms with Crippen LogP contribution in [0.25, 0.3) is 0 Å². The fourth-order valence-electron chi connectivity index (χ4n) is 13.4. The highest BCUT2D eigenvalue weighted by atomic mass is 16.8. The molecule has 0 spiro atoms. The van der Waals surface area contributed by atoms with E-state index >= 15 is 0 Å². The van der Waals surface area contributed by atoms with E-state index in [-0.39, 0.29) is 24.2 Å². The molecular weight excluding hydrogens is 1020 g/mol. The van der Waals surface area contributed by atoms with Gasteiger partial charge in [0.25, 0.3) is 0 Å². The van der Waals surface area contributed by atoms with Crippen LogP contribution >= 0.6 is 0 Å². The van der Waals surface area contributed by atoms with Crippen molar-refractivity contribution in [3.8, 4) is 0 Å². The van der Waals surface area contributed by atoms with E-state index in [4.69, 9.17) is 37.9 Å². The number of aliphatic hydroxyl groups excluding tert-OH is 18. The fourth-order valence-corrected chi connectivity index (χ4v) is 13.4. The maximum atomic E-state index is 14.8. The van der Waals surface area contributed by atoms with Crippen molar-refractivity contribution in [3.05, 3.63) is 12.2 Å². The van der Waals surface area contributed by atoms with Gasteiger partial charge in [0.1, 0.15) is 110 Å². The topological polar surface area (TPSA) is 455 Å². The number of carbonyl (C=O) groups is 1. The van der Waals surface area contributed by atoms with E-state index in [1.807, 2.05) is 0 Å². The normalized spacial score (nSPS) is 48.9. The van der Waals surface area contributed by atoms with Crippen LogP contribution in [0.2, 0.25) is 0 Å². The van der Waals surface area contributed by atoms with Crippen molar-refractivity contribution in [2.45, 2.75) is 219 Å². The molecule has 0 aromatic rings. The lowest BCUT2D eigenvalue weighted by molar-refractivity contribution is -0.363. The summed E-state index contributed by atoms with van der Waals surface area (Å²) in [6.07, 6.45) is -39.3. The third-order valence-electron chi connectivity index (χ3n) is 17.9. The molecule has 18 N–H and O–H groups in total. The summed E-state index contributed by atoms with van der Waals surface area (Å²) in [4.78, 5) is 14.8. The van der Waals surface area contributed by atoms with Crippen molar-refractivity contribution < 1.29 is 135 Å². The largest absolute Gasteiger partial charge is 0.432 e. The summed E-state index contributed by atoms with van der Waals surface area (Å²) in [5.41, 5.74) is -1.05. The Morgan fingerprint density at radius 1 is 0.605 bits per heavy atom. The standard InChI is InChI=1S/C49H82O27/c1-18-11-20-6-8-28-48(2,9-4-10-49(28,3)47(68)76-46-42(37(64)33(60)27(17-54)73-46)75-45-40(67)36(63)32(59)26(16-53)72-45)21(20)7-5-19(18)12-23(69-43-38(65)34(61)30(57)24(14-51)70-43)41(29(56)22(55)13-50)74-44-39(66)35(62)31(58)25(15-52)71-44/h19-46,50-67H,1,4-17H2,2-3H3/t19?,20?,21-,22?,23?,24?,25?,26?,27?,28?,29?,30?,31?,32?,33?,34?,35?,36?,37?,38?,39?,40?,41?,42?,43?,44?,45?,46?,48+,49-/m1/s1. The van der Waals surface area contributed by atoms with E-state index in [0.717, 1.165) is 0 Å². The predicted octanol–water partition coefficient (Wildman–Crippen LogP) is -7.18. The highest BCUT2D eigenvalue weighted by Crippen LogP contribution is 2.64. The zero-order valence-electron chi connectivity index (χ0n) is 42.5. The number of allylic oxidation sites excluding steroid dienone is 1. The van der Waals surface area contributed by atoms with Gasteiger partial charge in [-0.1, -0.05) is 25.5 Å². The molecular formula is C49H82O27. The van der Waals surface area contributed by atoms with Crippen LogP contribution in [-0.2, 0) is 42.7 Å². The number of ether oxygens (including phenoxy) is 8. The summed E-state index contributed by atoms with van der Waals surface area (Å²) in [5.74, 6) is -1.69. The molecule has 0 amide bonds. The van der Waals surface area contributed by atoms with Crippen LogP contribution in [0.1, 0.15) is 71.6 Å². The first-order valence-electron chi connectivity index (χ1n) is 26.3. The molecule has 76 heavy (non-hydrogen) atoms. The SMILES string of the molecule is C=C1CC2CCC3[C@](C)(C(=O)OC4OC(CO)C(O)C(O)C4OC4OC(CO)C(O)C(O)C4O)CCC[C@@]3(C)[C@@H]2CCC1CC(OC1OC(CO)C(O)C(O)C1O)C(OC1OC(CO)C(O)C(O)C1O)C(O)C(O)CO. The molecule has 27 unspecified atom stereocenters. The van der Waals surface area contributed by atoms with Crippen LogP contribution in [0.4, 0.5) is 0 Å². The molecule has 27 nitrogen and oxygen atoms in total. The molecule has 30 atom stereocenters. The minimum Gasteiger partial charge on any atom is -0.432 e. The zero-order chi connectivity index (χ0) is 55.9. The molecule has 0 aromatic carbocycles. The van der Waals surface area contributed by atoms with Crippen LogP contribution in [0.3, 0.4) is 0 Å². The maximum absolute atomic E-state index is 14.8. The van der Waals surface area contributed by atoms with Crippen LogP contribution in [0.5, 0.6) is 0 Å². The Balaban J connectivity index is 1.14. The second kappa shape index (κ2) is 25.6. The number of fused-ring (bicyclic) bond motifs is 3. The van der Waals surface area contributed by atoms with Gasteiger partial charge in [0.15, 0.2) is 25.0 Å². The van der Waals surface area contributed by atoms with E-state index < -0.39 is 203 Å². The summed E-state index contributed by atoms with van der Waals surface area (Å²) in [7, 11) is 0. The molecule has 3 saturated carbocycles. The van der Waals surface area contributed by atoms with Gasteiger partial charge in [-0.2, -0.15) is 0 Å². The van der Waals surface area contributed by atoms with Gasteiger partial charge in [0.05, 0.1) is 44.6 Å². The zero-order valence-corrected chi connectivity index (χ0v) is 42.5. The highest BCUT2D eigenvalue weighted by Gasteiger charge is 2.61. The lowest BCUT2D eigenvalue weighted by Crippen LogP contribution is -2.65. The van der Waals surface area contributed by atoms with Gasteiger partial charge in [-0.3, -0.25) is 4.79 Å². The molecule has 4 saturated heterocycles. The van der Waals surface area contributed by atoms with Crippen molar-refractivity contribution in [1.82, 2.24) is 0 Å². The first kappa shape index (κ1) is 61.8. The maximum Gasteiger partial charge on any atom is 0.314 e. The Morgan fingerprint density at radius 3 is 1.62 bits per heavy atom. The molecule has 3 aliphatic carbocycles. The lowest BCUT2D eigenvalue weighted by Gasteiger charge is -2.59. The number of aliphatic hydroxyl groups is 18. The first-order chi connectivity index (χ1) is 35.9. The van der Waals surface area contributed by atoms with Gasteiger partial charge < -0.3 is 130 Å². The predicted molar refractivity (Wildman–Crippen MR) is 250 cm³/mol. The van der Waals surface area contributed by atoms with Crippen LogP contribution in [-0.4, -0.2) is 278 Å². The van der Waals surface area contributed by atoms with E-state index in [0.29, 0.717) is 56.9 Å². The molecule has 0 bridgehead atoms. The number of esters is 1. The fraction of sp³-hybridized carbons (Fsp3) is 0.939. The van der Waals surface area contributed by atoms with Gasteiger partial charge in [-0.15, -0.1) is 0 Å². The molecule has 440 valence electrons. The van der Waals surface area contributed by atoms with Crippen molar-refractivity contribution in [2.75, 3.05) is 33.0 Å². The van der Waals surface area contributed by atoms with Crippen molar-refractivity contribution in [1.29, 1.82) is 0 Å². The first-order valence-corrected chi connectivity index (χ1v) is 26.3. The van der Waals surface area contributed by atoms with Gasteiger partial charge >= 0.3 is 5.97 Å². The van der Waals surface area contributed by atoms with Gasteiger partial charge in [-0.25, -0.2) is 0 Å². The highest BCUT2D eigenvalue weighted by molar-refractivity contribution is 5.77. The van der Waals surface area contributed by atoms with E-state index in [2.05, 4.69) is 13.5 Å². The average Bonchev–Trinajstić information content (AvgIpc) is 3.56. The Kier molecular flexibility index (Phi) is 20.8. The smallest absolute Gasteiger partial charge is 0.314 e. The molecule has 4 heterocycles. The summed E-state index contributed by atoms with van der Waals surface area (Å²) in [6.45, 7) is 3.99. The van der Waals surface area contributed by atoms with Gasteiger partial charge in [-0.05, 0) is 87.4 Å². The van der Waals surface area contributed by atoms with Crippen molar-refractivity contribution in [3.63, 3.8) is 0 Å². The molecule has 0 aromatic heterocycles. The molecule has 7 aliphatic rings. The quantitative estimate of drug-likeness (QED) is 0.0448. The van der Waals surface area contributed by atoms with E-state index in [1.54, 1.807) is 6.92 Å². The van der Waals surface area contributed by atoms with Crippen LogP contribution in [0.15, 0.2) is 12.2 Å². The Hall–Kier alpha value is -1.79. The number of carbonyl (C=O) groups excluding carboxylic acids is 1. The van der Waals surface area contributed by atoms with Crippen LogP contribution in [0, 0.1) is 34.5 Å². The monoisotopic (exact) mass is 1100 g/mol. The Labute approximate surface area is 438 Å². The third kappa shape index (κ3) is 12.1. The Morgan fingerprint density at radius 2 is 1.09 bits per heavy atom.